The lowest BCUT2D eigenvalue weighted by atomic mass is 9.91. The molecule has 1 fully saturated rings. The standard InChI is InChI=1S/C14H18O2/c1-4-16-13(15)14(7-8-14)12-6-5-10(2)9-11(12)3/h5-6,9H,4,7-8H2,1-3H3. The normalized spacial score (nSPS) is 16.9. The van der Waals surface area contributed by atoms with E-state index >= 15 is 0 Å². The summed E-state index contributed by atoms with van der Waals surface area (Å²) >= 11 is 0. The van der Waals surface area contributed by atoms with Gasteiger partial charge in [-0.2, -0.15) is 0 Å². The molecule has 86 valence electrons. The van der Waals surface area contributed by atoms with Gasteiger partial charge in [-0.3, -0.25) is 4.79 Å². The van der Waals surface area contributed by atoms with Crippen LogP contribution in [-0.2, 0) is 14.9 Å². The van der Waals surface area contributed by atoms with Crippen LogP contribution in [0, 0.1) is 13.8 Å². The Balaban J connectivity index is 2.33. The van der Waals surface area contributed by atoms with E-state index in [2.05, 4.69) is 32.0 Å². The minimum atomic E-state index is -0.326. The number of rotatable bonds is 3. The third kappa shape index (κ3) is 1.73. The van der Waals surface area contributed by atoms with Crippen LogP contribution < -0.4 is 0 Å². The molecule has 0 aromatic heterocycles. The van der Waals surface area contributed by atoms with Crippen molar-refractivity contribution in [1.82, 2.24) is 0 Å². The molecule has 0 bridgehead atoms. The van der Waals surface area contributed by atoms with E-state index in [1.54, 1.807) is 0 Å². The molecular weight excluding hydrogens is 200 g/mol. The van der Waals surface area contributed by atoms with Gasteiger partial charge in [0, 0.05) is 0 Å². The highest BCUT2D eigenvalue weighted by atomic mass is 16.5. The number of aryl methyl sites for hydroxylation is 2. The van der Waals surface area contributed by atoms with E-state index in [4.69, 9.17) is 4.74 Å². The number of carbonyl (C=O) groups excluding carboxylic acids is 1. The van der Waals surface area contributed by atoms with Gasteiger partial charge < -0.3 is 4.74 Å². The number of carbonyl (C=O) groups is 1. The van der Waals surface area contributed by atoms with E-state index in [9.17, 15) is 4.79 Å². The fraction of sp³-hybridized carbons (Fsp3) is 0.500. The van der Waals surface area contributed by atoms with Gasteiger partial charge >= 0.3 is 5.97 Å². The highest BCUT2D eigenvalue weighted by molar-refractivity contribution is 5.87. The molecule has 2 heteroatoms. The minimum Gasteiger partial charge on any atom is -0.465 e. The molecule has 0 spiro atoms. The first-order chi connectivity index (χ1) is 7.60. The Morgan fingerprint density at radius 3 is 2.56 bits per heavy atom. The van der Waals surface area contributed by atoms with Crippen molar-refractivity contribution in [1.29, 1.82) is 0 Å². The second kappa shape index (κ2) is 3.93. The topological polar surface area (TPSA) is 26.3 Å². The number of esters is 1. The van der Waals surface area contributed by atoms with E-state index in [1.165, 1.54) is 11.1 Å². The maximum Gasteiger partial charge on any atom is 0.316 e. The number of benzene rings is 1. The molecule has 0 atom stereocenters. The van der Waals surface area contributed by atoms with Crippen molar-refractivity contribution < 1.29 is 9.53 Å². The molecule has 0 N–H and O–H groups in total. The lowest BCUT2D eigenvalue weighted by Crippen LogP contribution is -2.24. The first-order valence-electron chi connectivity index (χ1n) is 5.85. The summed E-state index contributed by atoms with van der Waals surface area (Å²) in [5, 5.41) is 0. The zero-order valence-corrected chi connectivity index (χ0v) is 10.2. The van der Waals surface area contributed by atoms with Crippen LogP contribution in [0.4, 0.5) is 0 Å². The van der Waals surface area contributed by atoms with Gasteiger partial charge in [0.1, 0.15) is 0 Å². The van der Waals surface area contributed by atoms with Crippen molar-refractivity contribution in [3.05, 3.63) is 34.9 Å². The highest BCUT2D eigenvalue weighted by Crippen LogP contribution is 2.50. The SMILES string of the molecule is CCOC(=O)C1(c2ccc(C)cc2C)CC1. The summed E-state index contributed by atoms with van der Waals surface area (Å²) < 4.78 is 5.17. The zero-order chi connectivity index (χ0) is 11.8. The Morgan fingerprint density at radius 1 is 1.38 bits per heavy atom. The van der Waals surface area contributed by atoms with Crippen LogP contribution >= 0.6 is 0 Å². The first kappa shape index (κ1) is 11.2. The quantitative estimate of drug-likeness (QED) is 0.729. The fourth-order valence-corrected chi connectivity index (χ4v) is 2.33. The largest absolute Gasteiger partial charge is 0.465 e. The molecule has 2 rings (SSSR count). The van der Waals surface area contributed by atoms with Crippen LogP contribution in [0.25, 0.3) is 0 Å². The van der Waals surface area contributed by atoms with E-state index in [-0.39, 0.29) is 11.4 Å². The van der Waals surface area contributed by atoms with E-state index in [0.29, 0.717) is 6.61 Å². The molecule has 1 saturated carbocycles. The average molecular weight is 218 g/mol. The molecule has 2 nitrogen and oxygen atoms in total. The third-order valence-electron chi connectivity index (χ3n) is 3.31. The Bertz CT molecular complexity index is 417. The first-order valence-corrected chi connectivity index (χ1v) is 5.85. The smallest absolute Gasteiger partial charge is 0.316 e. The molecule has 0 heterocycles. The molecule has 1 aliphatic rings. The van der Waals surface area contributed by atoms with Gasteiger partial charge in [0.05, 0.1) is 12.0 Å². The summed E-state index contributed by atoms with van der Waals surface area (Å²) in [4.78, 5) is 11.9. The number of ether oxygens (including phenoxy) is 1. The maximum atomic E-state index is 11.9. The molecule has 0 unspecified atom stereocenters. The fourth-order valence-electron chi connectivity index (χ4n) is 2.33. The lowest BCUT2D eigenvalue weighted by Gasteiger charge is -2.17. The maximum absolute atomic E-state index is 11.9. The van der Waals surface area contributed by atoms with Crippen molar-refractivity contribution >= 4 is 5.97 Å². The van der Waals surface area contributed by atoms with Gasteiger partial charge in [-0.25, -0.2) is 0 Å². The summed E-state index contributed by atoms with van der Waals surface area (Å²) in [5.74, 6) is -0.0537. The van der Waals surface area contributed by atoms with Crippen molar-refractivity contribution in [2.45, 2.75) is 39.0 Å². The van der Waals surface area contributed by atoms with E-state index in [1.807, 2.05) is 6.92 Å². The van der Waals surface area contributed by atoms with E-state index in [0.717, 1.165) is 18.4 Å². The van der Waals surface area contributed by atoms with Crippen LogP contribution in [0.2, 0.25) is 0 Å². The Morgan fingerprint density at radius 2 is 2.06 bits per heavy atom. The predicted molar refractivity (Wildman–Crippen MR) is 63.5 cm³/mol. The molecule has 0 aliphatic heterocycles. The Labute approximate surface area is 96.6 Å². The highest BCUT2D eigenvalue weighted by Gasteiger charge is 2.53. The molecule has 0 radical (unpaired) electrons. The average Bonchev–Trinajstić information content (AvgIpc) is 2.99. The van der Waals surface area contributed by atoms with Crippen molar-refractivity contribution in [2.75, 3.05) is 6.61 Å². The third-order valence-corrected chi connectivity index (χ3v) is 3.31. The molecule has 16 heavy (non-hydrogen) atoms. The molecule has 1 aromatic rings. The van der Waals surface area contributed by atoms with Crippen LogP contribution in [0.5, 0.6) is 0 Å². The number of hydrogen-bond acceptors (Lipinski definition) is 2. The predicted octanol–water partition coefficient (Wildman–Crippen LogP) is 2.90. The summed E-state index contributed by atoms with van der Waals surface area (Å²) in [5.41, 5.74) is 3.26. The minimum absolute atomic E-state index is 0.0537. The Hall–Kier alpha value is -1.31. The Kier molecular flexibility index (Phi) is 2.75. The van der Waals surface area contributed by atoms with Crippen LogP contribution in [0.1, 0.15) is 36.5 Å². The summed E-state index contributed by atoms with van der Waals surface area (Å²) in [6.45, 7) is 6.46. The zero-order valence-electron chi connectivity index (χ0n) is 10.2. The van der Waals surface area contributed by atoms with Gasteiger partial charge in [-0.05, 0) is 44.7 Å². The van der Waals surface area contributed by atoms with Crippen LogP contribution in [0.15, 0.2) is 18.2 Å². The van der Waals surface area contributed by atoms with Crippen molar-refractivity contribution in [3.8, 4) is 0 Å². The molecular formula is C14H18O2. The number of hydrogen-bond donors (Lipinski definition) is 0. The van der Waals surface area contributed by atoms with Crippen LogP contribution in [-0.4, -0.2) is 12.6 Å². The molecule has 1 aliphatic carbocycles. The summed E-state index contributed by atoms with van der Waals surface area (Å²) in [6.07, 6.45) is 1.85. The van der Waals surface area contributed by atoms with Crippen molar-refractivity contribution in [3.63, 3.8) is 0 Å². The molecule has 0 saturated heterocycles. The molecule has 0 amide bonds. The van der Waals surface area contributed by atoms with Gasteiger partial charge in [0.15, 0.2) is 0 Å². The van der Waals surface area contributed by atoms with Crippen molar-refractivity contribution in [2.24, 2.45) is 0 Å². The molecule has 1 aromatic carbocycles. The lowest BCUT2D eigenvalue weighted by molar-refractivity contribution is -0.146. The summed E-state index contributed by atoms with van der Waals surface area (Å²) in [6, 6.07) is 6.28. The van der Waals surface area contributed by atoms with Gasteiger partial charge in [-0.15, -0.1) is 0 Å². The van der Waals surface area contributed by atoms with Gasteiger partial charge in [-0.1, -0.05) is 23.8 Å². The monoisotopic (exact) mass is 218 g/mol. The summed E-state index contributed by atoms with van der Waals surface area (Å²) in [7, 11) is 0. The van der Waals surface area contributed by atoms with Gasteiger partial charge in [0.2, 0.25) is 0 Å². The second-order valence-corrected chi connectivity index (χ2v) is 4.62. The van der Waals surface area contributed by atoms with Crippen LogP contribution in [0.3, 0.4) is 0 Å². The van der Waals surface area contributed by atoms with Gasteiger partial charge in [0.25, 0.3) is 0 Å². The van der Waals surface area contributed by atoms with E-state index < -0.39 is 0 Å². The second-order valence-electron chi connectivity index (χ2n) is 4.62.